The number of thiazole rings is 1. The second-order valence-electron chi connectivity index (χ2n) is 6.61. The van der Waals surface area contributed by atoms with E-state index in [1.807, 2.05) is 29.2 Å². The molecule has 1 aliphatic heterocycles. The number of hydrogen-bond donors (Lipinski definition) is 1. The Morgan fingerprint density at radius 1 is 1.26 bits per heavy atom. The van der Waals surface area contributed by atoms with Gasteiger partial charge in [0, 0.05) is 38.1 Å². The van der Waals surface area contributed by atoms with Crippen molar-refractivity contribution >= 4 is 33.8 Å². The maximum atomic E-state index is 11.7. The van der Waals surface area contributed by atoms with Crippen molar-refractivity contribution < 1.29 is 9.90 Å². The van der Waals surface area contributed by atoms with E-state index < -0.39 is 0 Å². The summed E-state index contributed by atoms with van der Waals surface area (Å²) in [6.07, 6.45) is 0. The van der Waals surface area contributed by atoms with E-state index in [0.29, 0.717) is 42.0 Å². The number of aromatic hydroxyl groups is 1. The van der Waals surface area contributed by atoms with E-state index in [1.165, 1.54) is 15.9 Å². The topological polar surface area (TPSA) is 74.0 Å². The van der Waals surface area contributed by atoms with Gasteiger partial charge in [0.25, 0.3) is 0 Å². The summed E-state index contributed by atoms with van der Waals surface area (Å²) in [5.74, 6) is 0.794. The van der Waals surface area contributed by atoms with E-state index >= 15 is 0 Å². The zero-order chi connectivity index (χ0) is 19.1. The lowest BCUT2D eigenvalue weighted by atomic mass is 10.0. The minimum atomic E-state index is -0.221. The quantitative estimate of drug-likeness (QED) is 0.725. The molecule has 0 bridgehead atoms. The second kappa shape index (κ2) is 7.10. The predicted octanol–water partition coefficient (Wildman–Crippen LogP) is 2.71. The summed E-state index contributed by atoms with van der Waals surface area (Å²) in [5.41, 5.74) is 0.923. The van der Waals surface area contributed by atoms with Crippen LogP contribution in [-0.4, -0.2) is 61.6 Å². The van der Waals surface area contributed by atoms with Gasteiger partial charge in [-0.15, -0.1) is 5.10 Å². The van der Waals surface area contributed by atoms with E-state index in [-0.39, 0.29) is 17.8 Å². The molecule has 7 nitrogen and oxygen atoms in total. The molecule has 0 spiro atoms. The summed E-state index contributed by atoms with van der Waals surface area (Å²) in [6.45, 7) is 6.08. The Morgan fingerprint density at radius 3 is 2.59 bits per heavy atom. The van der Waals surface area contributed by atoms with Gasteiger partial charge >= 0.3 is 0 Å². The van der Waals surface area contributed by atoms with Crippen molar-refractivity contribution in [3.05, 3.63) is 45.6 Å². The number of nitrogens with zero attached hydrogens (tertiary/aromatic N) is 5. The molecule has 1 atom stereocenters. The summed E-state index contributed by atoms with van der Waals surface area (Å²) >= 11 is 7.93. The lowest BCUT2D eigenvalue weighted by molar-refractivity contribution is -0.130. The summed E-state index contributed by atoms with van der Waals surface area (Å²) < 4.78 is 1.48. The van der Waals surface area contributed by atoms with Gasteiger partial charge in [-0.25, -0.2) is 4.98 Å². The van der Waals surface area contributed by atoms with Crippen LogP contribution in [-0.2, 0) is 4.79 Å². The van der Waals surface area contributed by atoms with Crippen LogP contribution in [0.3, 0.4) is 0 Å². The van der Waals surface area contributed by atoms with Crippen LogP contribution in [0.25, 0.3) is 4.96 Å². The number of benzene rings is 1. The second-order valence-corrected chi connectivity index (χ2v) is 8.03. The lowest BCUT2D eigenvalue weighted by Gasteiger charge is -2.39. The number of carbonyl (C=O) groups is 1. The fourth-order valence-corrected chi connectivity index (χ4v) is 4.91. The first-order chi connectivity index (χ1) is 13.0. The molecule has 3 heterocycles. The molecule has 1 saturated heterocycles. The monoisotopic (exact) mass is 405 g/mol. The van der Waals surface area contributed by atoms with Crippen LogP contribution in [0.4, 0.5) is 0 Å². The zero-order valence-corrected chi connectivity index (χ0v) is 16.7. The molecule has 9 heteroatoms. The first-order valence-electron chi connectivity index (χ1n) is 8.74. The van der Waals surface area contributed by atoms with Gasteiger partial charge in [0.2, 0.25) is 16.7 Å². The summed E-state index contributed by atoms with van der Waals surface area (Å²) in [7, 11) is 0. The van der Waals surface area contributed by atoms with Gasteiger partial charge in [-0.1, -0.05) is 41.1 Å². The minimum absolute atomic E-state index is 0.0843. The number of carbonyl (C=O) groups excluding carboxylic acids is 1. The van der Waals surface area contributed by atoms with Crippen molar-refractivity contribution in [1.29, 1.82) is 0 Å². The van der Waals surface area contributed by atoms with E-state index in [4.69, 9.17) is 11.6 Å². The smallest absolute Gasteiger partial charge is 0.230 e. The fraction of sp³-hybridized carbons (Fsp3) is 0.389. The zero-order valence-electron chi connectivity index (χ0n) is 15.1. The van der Waals surface area contributed by atoms with E-state index in [1.54, 1.807) is 13.8 Å². The number of rotatable bonds is 3. The van der Waals surface area contributed by atoms with E-state index in [2.05, 4.69) is 15.0 Å². The molecule has 1 aliphatic rings. The number of piperazine rings is 1. The standard InChI is InChI=1S/C18H20ClN5O2S/c1-11-20-18-24(21-11)17(26)16(27-18)15(13-5-3-4-6-14(13)19)23-9-7-22(8-10-23)12(2)25/h3-6,15,26H,7-10H2,1-2H3/t15-/m0/s1. The molecule has 0 saturated carbocycles. The molecule has 1 N–H and O–H groups in total. The average molecular weight is 406 g/mol. The van der Waals surface area contributed by atoms with Crippen molar-refractivity contribution in [2.24, 2.45) is 0 Å². The maximum Gasteiger partial charge on any atom is 0.230 e. The van der Waals surface area contributed by atoms with Gasteiger partial charge in [-0.05, 0) is 18.6 Å². The Bertz CT molecular complexity index is 993. The number of halogens is 1. The molecule has 0 unspecified atom stereocenters. The van der Waals surface area contributed by atoms with Crippen LogP contribution in [0.5, 0.6) is 5.88 Å². The molecule has 142 valence electrons. The molecule has 2 aromatic heterocycles. The molecule has 3 aromatic rings. The van der Waals surface area contributed by atoms with Gasteiger partial charge in [0.15, 0.2) is 0 Å². The first kappa shape index (κ1) is 18.2. The lowest BCUT2D eigenvalue weighted by Crippen LogP contribution is -2.49. The molecule has 4 rings (SSSR count). The van der Waals surface area contributed by atoms with Crippen LogP contribution in [0.15, 0.2) is 24.3 Å². The van der Waals surface area contributed by atoms with Crippen molar-refractivity contribution in [3.8, 4) is 5.88 Å². The average Bonchev–Trinajstić information content (AvgIpc) is 3.15. The Balaban J connectivity index is 1.77. The van der Waals surface area contributed by atoms with Gasteiger partial charge in [-0.3, -0.25) is 9.69 Å². The van der Waals surface area contributed by atoms with E-state index in [9.17, 15) is 9.90 Å². The van der Waals surface area contributed by atoms with Crippen LogP contribution >= 0.6 is 22.9 Å². The Labute approximate surface area is 165 Å². The minimum Gasteiger partial charge on any atom is -0.492 e. The third kappa shape index (κ3) is 3.28. The third-order valence-electron chi connectivity index (χ3n) is 4.88. The van der Waals surface area contributed by atoms with Gasteiger partial charge in [0.1, 0.15) is 5.82 Å². The Kier molecular flexibility index (Phi) is 4.79. The third-order valence-corrected chi connectivity index (χ3v) is 6.30. The number of fused-ring (bicyclic) bond motifs is 1. The number of aryl methyl sites for hydroxylation is 1. The molecule has 1 fully saturated rings. The summed E-state index contributed by atoms with van der Waals surface area (Å²) in [5, 5.41) is 15.8. The van der Waals surface area contributed by atoms with Gasteiger partial charge < -0.3 is 10.0 Å². The summed E-state index contributed by atoms with van der Waals surface area (Å²) in [6, 6.07) is 7.45. The van der Waals surface area contributed by atoms with Crippen LogP contribution in [0, 0.1) is 6.92 Å². The molecular formula is C18H20ClN5O2S. The highest BCUT2D eigenvalue weighted by Gasteiger charge is 2.33. The van der Waals surface area contributed by atoms with E-state index in [0.717, 1.165) is 10.4 Å². The molecule has 0 aliphatic carbocycles. The normalized spacial score (nSPS) is 16.8. The van der Waals surface area contributed by atoms with Gasteiger partial charge in [-0.2, -0.15) is 4.52 Å². The first-order valence-corrected chi connectivity index (χ1v) is 9.94. The highest BCUT2D eigenvalue weighted by atomic mass is 35.5. The van der Waals surface area contributed by atoms with Crippen molar-refractivity contribution in [3.63, 3.8) is 0 Å². The van der Waals surface area contributed by atoms with Crippen LogP contribution in [0.2, 0.25) is 5.02 Å². The number of amides is 1. The van der Waals surface area contributed by atoms with Crippen molar-refractivity contribution in [1.82, 2.24) is 24.4 Å². The van der Waals surface area contributed by atoms with Crippen LogP contribution < -0.4 is 0 Å². The molecule has 0 radical (unpaired) electrons. The van der Waals surface area contributed by atoms with Crippen molar-refractivity contribution in [2.75, 3.05) is 26.2 Å². The highest BCUT2D eigenvalue weighted by Crippen LogP contribution is 2.42. The van der Waals surface area contributed by atoms with Crippen molar-refractivity contribution in [2.45, 2.75) is 19.9 Å². The molecule has 27 heavy (non-hydrogen) atoms. The predicted molar refractivity (Wildman–Crippen MR) is 104 cm³/mol. The number of hydrogen-bond acceptors (Lipinski definition) is 6. The summed E-state index contributed by atoms with van der Waals surface area (Å²) in [4.78, 5) is 21.5. The SMILES string of the molecule is CC(=O)N1CCN([C@@H](c2ccccc2Cl)c2sc3nc(C)nn3c2O)CC1. The van der Waals surface area contributed by atoms with Crippen LogP contribution in [0.1, 0.15) is 29.2 Å². The molecule has 1 aromatic carbocycles. The molecule has 1 amide bonds. The molecular weight excluding hydrogens is 386 g/mol. The highest BCUT2D eigenvalue weighted by molar-refractivity contribution is 7.17. The number of aromatic nitrogens is 3. The Morgan fingerprint density at radius 2 is 1.96 bits per heavy atom. The fourth-order valence-electron chi connectivity index (χ4n) is 3.52. The maximum absolute atomic E-state index is 11.7. The largest absolute Gasteiger partial charge is 0.492 e. The Hall–Kier alpha value is -2.16. The van der Waals surface area contributed by atoms with Gasteiger partial charge in [0.05, 0.1) is 10.9 Å².